The van der Waals surface area contributed by atoms with Crippen molar-refractivity contribution in [3.8, 4) is 0 Å². The lowest BCUT2D eigenvalue weighted by atomic mass is 10.1. The van der Waals surface area contributed by atoms with Crippen LogP contribution in [0, 0.1) is 6.57 Å². The molecule has 2 amide bonds. The quantitative estimate of drug-likeness (QED) is 0.581. The van der Waals surface area contributed by atoms with Crippen molar-refractivity contribution >= 4 is 33.7 Å². The van der Waals surface area contributed by atoms with Gasteiger partial charge in [-0.05, 0) is 32.9 Å². The van der Waals surface area contributed by atoms with Crippen molar-refractivity contribution in [3.05, 3.63) is 45.7 Å². The van der Waals surface area contributed by atoms with Crippen molar-refractivity contribution in [1.29, 1.82) is 0 Å². The van der Waals surface area contributed by atoms with Crippen molar-refractivity contribution in [2.75, 3.05) is 13.1 Å². The van der Waals surface area contributed by atoms with Crippen molar-refractivity contribution < 1.29 is 19.1 Å². The molecule has 1 aliphatic heterocycles. The highest BCUT2D eigenvalue weighted by molar-refractivity contribution is 9.10. The summed E-state index contributed by atoms with van der Waals surface area (Å²) in [6.07, 6.45) is -0.408. The van der Waals surface area contributed by atoms with E-state index in [4.69, 9.17) is 11.3 Å². The van der Waals surface area contributed by atoms with E-state index in [9.17, 15) is 14.4 Å². The van der Waals surface area contributed by atoms with Gasteiger partial charge in [0, 0.05) is 10.0 Å². The highest BCUT2D eigenvalue weighted by Gasteiger charge is 2.44. The van der Waals surface area contributed by atoms with E-state index in [0.29, 0.717) is 5.56 Å². The number of likely N-dealkylation sites (tertiary alicyclic amines) is 1. The third-order valence-electron chi connectivity index (χ3n) is 3.98. The highest BCUT2D eigenvalue weighted by Crippen LogP contribution is 2.23. The van der Waals surface area contributed by atoms with E-state index in [1.54, 1.807) is 45.0 Å². The minimum absolute atomic E-state index is 0.136. The Labute approximate surface area is 167 Å². The second-order valence-corrected chi connectivity index (χ2v) is 8.23. The third kappa shape index (κ3) is 5.79. The van der Waals surface area contributed by atoms with Gasteiger partial charge in [-0.25, -0.2) is 11.4 Å². The molecule has 0 aromatic heterocycles. The minimum Gasteiger partial charge on any atom is -0.444 e. The van der Waals surface area contributed by atoms with Crippen LogP contribution >= 0.6 is 15.9 Å². The molecule has 1 aromatic rings. The topological polar surface area (TPSA) is 80.1 Å². The predicted molar refractivity (Wildman–Crippen MR) is 103 cm³/mol. The van der Waals surface area contributed by atoms with Gasteiger partial charge in [0.25, 0.3) is 0 Å². The summed E-state index contributed by atoms with van der Waals surface area (Å²) in [5.74, 6) is -0.697. The molecule has 1 fully saturated rings. The summed E-state index contributed by atoms with van der Waals surface area (Å²) in [6, 6.07) is 5.53. The number of ketones is 1. The Hall–Kier alpha value is -2.40. The smallest absolute Gasteiger partial charge is 0.411 e. The number of Topliss-reactive ketones (excluding diaryl/α,β-unsaturated/α-hetero) is 1. The van der Waals surface area contributed by atoms with Crippen LogP contribution in [0.3, 0.4) is 0 Å². The van der Waals surface area contributed by atoms with Crippen LogP contribution in [-0.4, -0.2) is 53.5 Å². The average Bonchev–Trinajstić information content (AvgIpc) is 3.03. The number of amides is 2. The van der Waals surface area contributed by atoms with Crippen LogP contribution in [0.2, 0.25) is 0 Å². The van der Waals surface area contributed by atoms with Crippen molar-refractivity contribution in [2.24, 2.45) is 0 Å². The van der Waals surface area contributed by atoms with Crippen LogP contribution in [0.25, 0.3) is 4.85 Å². The zero-order chi connectivity index (χ0) is 20.2. The number of benzene rings is 1. The summed E-state index contributed by atoms with van der Waals surface area (Å²) in [5, 5.41) is 2.58. The average molecular weight is 436 g/mol. The van der Waals surface area contributed by atoms with Crippen LogP contribution < -0.4 is 5.32 Å². The summed E-state index contributed by atoms with van der Waals surface area (Å²) in [7, 11) is 0. The molecule has 0 radical (unpaired) electrons. The fourth-order valence-electron chi connectivity index (χ4n) is 2.70. The SMILES string of the molecule is [C-]#[N+][C@@H]1C[C@@H](C(=O)NCC(=O)c2ccc(Br)cc2)N(C(=O)OC(C)(C)C)C1. The summed E-state index contributed by atoms with van der Waals surface area (Å²) < 4.78 is 6.19. The molecule has 0 unspecified atom stereocenters. The van der Waals surface area contributed by atoms with Crippen LogP contribution in [-0.2, 0) is 9.53 Å². The minimum atomic E-state index is -0.823. The second kappa shape index (κ2) is 8.53. The van der Waals surface area contributed by atoms with Crippen molar-refractivity contribution in [3.63, 3.8) is 0 Å². The predicted octanol–water partition coefficient (Wildman–Crippen LogP) is 3.05. The van der Waals surface area contributed by atoms with Gasteiger partial charge in [0.1, 0.15) is 18.2 Å². The molecule has 0 spiro atoms. The molecule has 7 nitrogen and oxygen atoms in total. The number of rotatable bonds is 4. The third-order valence-corrected chi connectivity index (χ3v) is 4.51. The Balaban J connectivity index is 2.01. The lowest BCUT2D eigenvalue weighted by Gasteiger charge is -2.27. The fourth-order valence-corrected chi connectivity index (χ4v) is 2.97. The number of nitrogens with one attached hydrogen (secondary N) is 1. The first kappa shape index (κ1) is 20.9. The summed E-state index contributed by atoms with van der Waals surface area (Å²) >= 11 is 3.30. The zero-order valence-corrected chi connectivity index (χ0v) is 17.1. The van der Waals surface area contributed by atoms with Gasteiger partial charge in [0.05, 0.1) is 13.0 Å². The van der Waals surface area contributed by atoms with Gasteiger partial charge in [-0.2, -0.15) is 0 Å². The van der Waals surface area contributed by atoms with Crippen LogP contribution in [0.15, 0.2) is 28.7 Å². The molecule has 27 heavy (non-hydrogen) atoms. The normalized spacial score (nSPS) is 19.3. The molecule has 0 saturated carbocycles. The lowest BCUT2D eigenvalue weighted by molar-refractivity contribution is -0.125. The summed E-state index contributed by atoms with van der Waals surface area (Å²) in [6.45, 7) is 12.4. The molecule has 1 aliphatic rings. The maximum absolute atomic E-state index is 12.6. The van der Waals surface area contributed by atoms with E-state index in [1.807, 2.05) is 0 Å². The Morgan fingerprint density at radius 3 is 2.48 bits per heavy atom. The van der Waals surface area contributed by atoms with E-state index in [0.717, 1.165) is 4.47 Å². The molecule has 0 bridgehead atoms. The number of halogens is 1. The van der Waals surface area contributed by atoms with Crippen LogP contribution in [0.1, 0.15) is 37.6 Å². The van der Waals surface area contributed by atoms with Gasteiger partial charge in [-0.3, -0.25) is 14.5 Å². The monoisotopic (exact) mass is 435 g/mol. The van der Waals surface area contributed by atoms with E-state index < -0.39 is 29.7 Å². The van der Waals surface area contributed by atoms with E-state index >= 15 is 0 Å². The largest absolute Gasteiger partial charge is 0.444 e. The van der Waals surface area contributed by atoms with E-state index in [2.05, 4.69) is 26.1 Å². The Bertz CT molecular complexity index is 765. The Kier molecular flexibility index (Phi) is 6.60. The first-order valence-corrected chi connectivity index (χ1v) is 9.32. The van der Waals surface area contributed by atoms with Gasteiger partial charge >= 0.3 is 6.09 Å². The molecular weight excluding hydrogens is 414 g/mol. The molecule has 2 atom stereocenters. The van der Waals surface area contributed by atoms with Gasteiger partial charge < -0.3 is 14.9 Å². The number of hydrogen-bond donors (Lipinski definition) is 1. The number of carbonyl (C=O) groups is 3. The molecule has 1 N–H and O–H groups in total. The van der Waals surface area contributed by atoms with E-state index in [-0.39, 0.29) is 25.3 Å². The first-order valence-electron chi connectivity index (χ1n) is 8.53. The zero-order valence-electron chi connectivity index (χ0n) is 15.5. The van der Waals surface area contributed by atoms with Gasteiger partial charge in [0.15, 0.2) is 5.78 Å². The van der Waals surface area contributed by atoms with Crippen molar-refractivity contribution in [2.45, 2.75) is 44.9 Å². The molecule has 2 rings (SSSR count). The van der Waals surface area contributed by atoms with Gasteiger partial charge in [0.2, 0.25) is 11.9 Å². The van der Waals surface area contributed by atoms with Crippen LogP contribution in [0.5, 0.6) is 0 Å². The van der Waals surface area contributed by atoms with Gasteiger partial charge in [-0.15, -0.1) is 0 Å². The van der Waals surface area contributed by atoms with E-state index in [1.165, 1.54) is 4.90 Å². The molecule has 1 saturated heterocycles. The lowest BCUT2D eigenvalue weighted by Crippen LogP contribution is -2.48. The van der Waals surface area contributed by atoms with Crippen molar-refractivity contribution in [1.82, 2.24) is 10.2 Å². The van der Waals surface area contributed by atoms with Gasteiger partial charge in [-0.1, -0.05) is 28.1 Å². The highest BCUT2D eigenvalue weighted by atomic mass is 79.9. The fraction of sp³-hybridized carbons (Fsp3) is 0.474. The standard InChI is InChI=1S/C19H22BrN3O4/c1-19(2,3)27-18(26)23-11-14(21-4)9-15(23)17(25)22-10-16(24)12-5-7-13(20)8-6-12/h5-8,14-15H,9-11H2,1-3H3,(H,22,25)/t14-,15+/m1/s1. The molecular formula is C19H22BrN3O4. The van der Waals surface area contributed by atoms with Crippen LogP contribution in [0.4, 0.5) is 4.79 Å². The molecule has 8 heteroatoms. The second-order valence-electron chi connectivity index (χ2n) is 7.32. The molecule has 1 heterocycles. The summed E-state index contributed by atoms with van der Waals surface area (Å²) in [4.78, 5) is 41.9. The summed E-state index contributed by atoms with van der Waals surface area (Å²) in [5.41, 5.74) is -0.223. The maximum Gasteiger partial charge on any atom is 0.411 e. The maximum atomic E-state index is 12.6. The first-order chi connectivity index (χ1) is 12.6. The Morgan fingerprint density at radius 1 is 1.30 bits per heavy atom. The number of ether oxygens (including phenoxy) is 1. The Morgan fingerprint density at radius 2 is 1.93 bits per heavy atom. The number of nitrogens with zero attached hydrogens (tertiary/aromatic N) is 2. The molecule has 144 valence electrons. The number of hydrogen-bond acceptors (Lipinski definition) is 4. The molecule has 0 aliphatic carbocycles. The number of carbonyl (C=O) groups excluding carboxylic acids is 3. The molecule has 1 aromatic carbocycles.